The highest BCUT2D eigenvalue weighted by Crippen LogP contribution is 2.31. The molecule has 1 aliphatic heterocycles. The maximum absolute atomic E-state index is 13.3. The summed E-state index contributed by atoms with van der Waals surface area (Å²) in [5.74, 6) is -2.54. The van der Waals surface area contributed by atoms with E-state index in [0.717, 1.165) is 12.5 Å². The van der Waals surface area contributed by atoms with Gasteiger partial charge in [-0.15, -0.1) is 0 Å². The van der Waals surface area contributed by atoms with Crippen LogP contribution in [0.15, 0.2) is 53.4 Å². The lowest BCUT2D eigenvalue weighted by molar-refractivity contribution is -0.140. The van der Waals surface area contributed by atoms with Crippen molar-refractivity contribution in [1.82, 2.24) is 10.2 Å². The van der Waals surface area contributed by atoms with Crippen LogP contribution in [0.2, 0.25) is 5.02 Å². The van der Waals surface area contributed by atoms with Gasteiger partial charge in [0.05, 0.1) is 11.4 Å². The Morgan fingerprint density at radius 2 is 1.59 bits per heavy atom. The SMILES string of the molecule is CC(C)C1NC(=O)N(CC(C)(C(=O)O)S(=O)(=O)c2ccc(-c3ccc(Cl)cc3)cc2)C1=O. The molecule has 10 heteroatoms. The number of carbonyl (C=O) groups is 3. The first-order chi connectivity index (χ1) is 14.9. The van der Waals surface area contributed by atoms with Crippen molar-refractivity contribution in [3.63, 3.8) is 0 Å². The van der Waals surface area contributed by atoms with Crippen LogP contribution in [0.4, 0.5) is 4.79 Å². The summed E-state index contributed by atoms with van der Waals surface area (Å²) in [6, 6.07) is 11.0. The highest BCUT2D eigenvalue weighted by molar-refractivity contribution is 7.93. The summed E-state index contributed by atoms with van der Waals surface area (Å²) in [4.78, 5) is 37.4. The molecule has 0 aliphatic carbocycles. The van der Waals surface area contributed by atoms with Gasteiger partial charge in [0.1, 0.15) is 6.04 Å². The number of imide groups is 1. The molecular weight excluding hydrogens is 456 g/mol. The average molecular weight is 479 g/mol. The van der Waals surface area contributed by atoms with Crippen LogP contribution in [-0.4, -0.2) is 53.7 Å². The first-order valence-electron chi connectivity index (χ1n) is 9.84. The van der Waals surface area contributed by atoms with E-state index in [9.17, 15) is 27.9 Å². The second kappa shape index (κ2) is 8.55. The van der Waals surface area contributed by atoms with Crippen LogP contribution in [0.1, 0.15) is 20.8 Å². The minimum atomic E-state index is -4.47. The number of hydrogen-bond acceptors (Lipinski definition) is 5. The number of carbonyl (C=O) groups excluding carboxylic acids is 2. The molecule has 0 aromatic heterocycles. The van der Waals surface area contributed by atoms with Crippen LogP contribution < -0.4 is 5.32 Å². The maximum atomic E-state index is 13.3. The van der Waals surface area contributed by atoms with E-state index in [2.05, 4.69) is 5.32 Å². The third kappa shape index (κ3) is 4.10. The second-order valence-electron chi connectivity index (χ2n) is 8.17. The van der Waals surface area contributed by atoms with Gasteiger partial charge in [-0.2, -0.15) is 0 Å². The van der Waals surface area contributed by atoms with Crippen LogP contribution in [0.25, 0.3) is 11.1 Å². The van der Waals surface area contributed by atoms with Gasteiger partial charge in [0.2, 0.25) is 0 Å². The molecule has 0 bridgehead atoms. The molecule has 170 valence electrons. The van der Waals surface area contributed by atoms with Crippen molar-refractivity contribution in [3.05, 3.63) is 53.6 Å². The normalized spacial score (nSPS) is 18.5. The summed E-state index contributed by atoms with van der Waals surface area (Å²) in [6.45, 7) is 3.64. The van der Waals surface area contributed by atoms with Crippen LogP contribution in [0.3, 0.4) is 0 Å². The lowest BCUT2D eigenvalue weighted by Gasteiger charge is -2.28. The minimum absolute atomic E-state index is 0.229. The van der Waals surface area contributed by atoms with Gasteiger partial charge in [0.15, 0.2) is 14.6 Å². The van der Waals surface area contributed by atoms with Gasteiger partial charge in [-0.25, -0.2) is 13.2 Å². The molecule has 2 atom stereocenters. The summed E-state index contributed by atoms with van der Waals surface area (Å²) in [6.07, 6.45) is 0. The fraction of sp³-hybridized carbons (Fsp3) is 0.318. The number of sulfone groups is 1. The number of aliphatic carboxylic acids is 1. The smallest absolute Gasteiger partial charge is 0.327 e. The minimum Gasteiger partial charge on any atom is -0.480 e. The van der Waals surface area contributed by atoms with E-state index in [1.807, 2.05) is 0 Å². The topological polar surface area (TPSA) is 121 Å². The molecule has 2 aromatic carbocycles. The molecule has 0 saturated carbocycles. The van der Waals surface area contributed by atoms with Gasteiger partial charge in [-0.3, -0.25) is 14.5 Å². The Bertz CT molecular complexity index is 1160. The quantitative estimate of drug-likeness (QED) is 0.589. The maximum Gasteiger partial charge on any atom is 0.327 e. The van der Waals surface area contributed by atoms with Gasteiger partial charge in [0.25, 0.3) is 5.91 Å². The molecule has 1 aliphatic rings. The molecule has 3 rings (SSSR count). The number of benzene rings is 2. The fourth-order valence-electron chi connectivity index (χ4n) is 3.44. The van der Waals surface area contributed by atoms with E-state index >= 15 is 0 Å². The number of rotatable bonds is 7. The summed E-state index contributed by atoms with van der Waals surface area (Å²) in [5, 5.41) is 12.9. The predicted octanol–water partition coefficient (Wildman–Crippen LogP) is 3.20. The Balaban J connectivity index is 1.94. The number of urea groups is 1. The zero-order valence-electron chi connectivity index (χ0n) is 17.7. The van der Waals surface area contributed by atoms with Gasteiger partial charge in [0, 0.05) is 5.02 Å². The van der Waals surface area contributed by atoms with Crippen molar-refractivity contribution in [2.75, 3.05) is 6.54 Å². The monoisotopic (exact) mass is 478 g/mol. The summed E-state index contributed by atoms with van der Waals surface area (Å²) in [5.41, 5.74) is 1.52. The molecule has 1 saturated heterocycles. The lowest BCUT2D eigenvalue weighted by Crippen LogP contribution is -2.54. The van der Waals surface area contributed by atoms with Gasteiger partial charge in [-0.05, 0) is 48.2 Å². The number of nitrogens with zero attached hydrogens (tertiary/aromatic N) is 1. The number of carboxylic acid groups (broad SMARTS) is 1. The Morgan fingerprint density at radius 3 is 2.03 bits per heavy atom. The summed E-state index contributed by atoms with van der Waals surface area (Å²) < 4.78 is 24.2. The summed E-state index contributed by atoms with van der Waals surface area (Å²) >= 11 is 5.89. The number of carboxylic acids is 1. The lowest BCUT2D eigenvalue weighted by atomic mass is 10.0. The number of halogens is 1. The van der Waals surface area contributed by atoms with E-state index in [0.29, 0.717) is 15.5 Å². The van der Waals surface area contributed by atoms with E-state index in [1.165, 1.54) is 12.1 Å². The standard InChI is InChI=1S/C22H23ClN2O6S/c1-13(2)18-19(26)25(21(29)24-18)12-22(3,20(27)28)32(30,31)17-10-6-15(7-11-17)14-4-8-16(23)9-5-14/h4-11,13,18H,12H2,1-3H3,(H,24,29)(H,27,28). The largest absolute Gasteiger partial charge is 0.480 e. The molecule has 1 fully saturated rings. The van der Waals surface area contributed by atoms with Crippen molar-refractivity contribution in [3.8, 4) is 11.1 Å². The molecule has 3 amide bonds. The van der Waals surface area contributed by atoms with Crippen molar-refractivity contribution in [2.45, 2.75) is 36.5 Å². The van der Waals surface area contributed by atoms with Crippen LogP contribution in [0, 0.1) is 5.92 Å². The second-order valence-corrected chi connectivity index (χ2v) is 11.0. The molecule has 0 spiro atoms. The highest BCUT2D eigenvalue weighted by atomic mass is 35.5. The van der Waals surface area contributed by atoms with Crippen molar-refractivity contribution >= 4 is 39.3 Å². The molecule has 2 N–H and O–H groups in total. The average Bonchev–Trinajstić information content (AvgIpc) is 3.02. The third-order valence-corrected chi connectivity index (χ3v) is 8.21. The Labute approximate surface area is 191 Å². The number of nitrogens with one attached hydrogen (secondary N) is 1. The van der Waals surface area contributed by atoms with E-state index in [4.69, 9.17) is 11.6 Å². The Kier molecular flexibility index (Phi) is 6.35. The molecular formula is C22H23ClN2O6S. The van der Waals surface area contributed by atoms with Crippen molar-refractivity contribution in [2.24, 2.45) is 5.92 Å². The predicted molar refractivity (Wildman–Crippen MR) is 119 cm³/mol. The van der Waals surface area contributed by atoms with E-state index in [-0.39, 0.29) is 10.8 Å². The number of amides is 3. The molecule has 8 nitrogen and oxygen atoms in total. The molecule has 0 radical (unpaired) electrons. The third-order valence-electron chi connectivity index (χ3n) is 5.57. The van der Waals surface area contributed by atoms with E-state index < -0.39 is 45.1 Å². The first kappa shape index (κ1) is 23.7. The van der Waals surface area contributed by atoms with E-state index in [1.54, 1.807) is 50.2 Å². The van der Waals surface area contributed by atoms with Crippen molar-refractivity contribution < 1.29 is 27.9 Å². The van der Waals surface area contributed by atoms with Crippen LogP contribution in [-0.2, 0) is 19.4 Å². The van der Waals surface area contributed by atoms with Crippen molar-refractivity contribution in [1.29, 1.82) is 0 Å². The van der Waals surface area contributed by atoms with Gasteiger partial charge >= 0.3 is 12.0 Å². The van der Waals surface area contributed by atoms with Crippen LogP contribution in [0.5, 0.6) is 0 Å². The van der Waals surface area contributed by atoms with Crippen LogP contribution >= 0.6 is 11.6 Å². The van der Waals surface area contributed by atoms with Gasteiger partial charge in [-0.1, -0.05) is 49.7 Å². The zero-order chi connectivity index (χ0) is 23.8. The molecule has 1 heterocycles. The van der Waals surface area contributed by atoms with Gasteiger partial charge < -0.3 is 10.4 Å². The summed E-state index contributed by atoms with van der Waals surface area (Å²) in [7, 11) is -4.47. The first-order valence-corrected chi connectivity index (χ1v) is 11.7. The Morgan fingerprint density at radius 1 is 1.09 bits per heavy atom. The zero-order valence-corrected chi connectivity index (χ0v) is 19.3. The Hall–Kier alpha value is -2.91. The fourth-order valence-corrected chi connectivity index (χ4v) is 5.11. The molecule has 32 heavy (non-hydrogen) atoms. The highest BCUT2D eigenvalue weighted by Gasteiger charge is 2.53. The molecule has 2 aromatic rings. The molecule has 2 unspecified atom stereocenters. The number of hydrogen-bond donors (Lipinski definition) is 2.